The molecular weight excluding hydrogens is 384 g/mol. The van der Waals surface area contributed by atoms with E-state index in [9.17, 15) is 9.59 Å². The molecule has 2 heterocycles. The molecule has 1 amide bonds. The molecule has 1 aromatic rings. The highest BCUT2D eigenvalue weighted by atomic mass is 32.2. The van der Waals surface area contributed by atoms with Crippen molar-refractivity contribution < 1.29 is 24.2 Å². The Bertz CT molecular complexity index is 820. The Labute approximate surface area is 166 Å². The maximum atomic E-state index is 11.7. The third kappa shape index (κ3) is 4.56. The molecule has 2 aliphatic heterocycles. The van der Waals surface area contributed by atoms with Gasteiger partial charge in [0.1, 0.15) is 16.7 Å². The van der Waals surface area contributed by atoms with Gasteiger partial charge in [0.05, 0.1) is 32.5 Å². The highest BCUT2D eigenvalue weighted by molar-refractivity contribution is 8.15. The lowest BCUT2D eigenvalue weighted by molar-refractivity contribution is -0.138. The summed E-state index contributed by atoms with van der Waals surface area (Å²) in [4.78, 5) is 24.8. The number of hydrogen-bond donors (Lipinski definition) is 2. The molecule has 0 aromatic heterocycles. The molecule has 1 aromatic carbocycles. The van der Waals surface area contributed by atoms with Gasteiger partial charge in [0.2, 0.25) is 5.91 Å². The molecule has 0 aliphatic carbocycles. The first kappa shape index (κ1) is 20.0. The van der Waals surface area contributed by atoms with Crippen molar-refractivity contribution >= 4 is 40.7 Å². The fourth-order valence-corrected chi connectivity index (χ4v) is 4.02. The van der Waals surface area contributed by atoms with Crippen LogP contribution in [0.1, 0.15) is 24.8 Å². The Balaban J connectivity index is 1.78. The molecule has 28 heavy (non-hydrogen) atoms. The second-order valence-corrected chi connectivity index (χ2v) is 7.49. The van der Waals surface area contributed by atoms with E-state index in [2.05, 4.69) is 20.4 Å². The predicted molar refractivity (Wildman–Crippen MR) is 108 cm³/mol. The maximum absolute atomic E-state index is 11.7. The number of amides is 1. The van der Waals surface area contributed by atoms with Crippen LogP contribution in [0.3, 0.4) is 0 Å². The maximum Gasteiger partial charge on any atom is 0.305 e. The van der Waals surface area contributed by atoms with Gasteiger partial charge in [0.25, 0.3) is 0 Å². The summed E-state index contributed by atoms with van der Waals surface area (Å²) in [7, 11) is 3.21. The van der Waals surface area contributed by atoms with E-state index in [1.807, 2.05) is 12.1 Å². The number of carbonyl (C=O) groups excluding carboxylic acids is 1. The normalized spacial score (nSPS) is 20.8. The van der Waals surface area contributed by atoms with Crippen LogP contribution in [0.25, 0.3) is 0 Å². The number of ether oxygens (including phenoxy) is 2. The van der Waals surface area contributed by atoms with Gasteiger partial charge in [-0.25, -0.2) is 0 Å². The molecule has 1 atom stereocenters. The molecule has 3 rings (SSSR count). The average Bonchev–Trinajstić information content (AvgIpc) is 3.31. The van der Waals surface area contributed by atoms with Gasteiger partial charge < -0.3 is 24.8 Å². The molecule has 0 bridgehead atoms. The summed E-state index contributed by atoms with van der Waals surface area (Å²) in [5, 5.41) is 18.9. The zero-order valence-corrected chi connectivity index (χ0v) is 16.5. The quantitative estimate of drug-likeness (QED) is 0.523. The molecule has 9 nitrogen and oxygen atoms in total. The van der Waals surface area contributed by atoms with E-state index in [1.165, 1.54) is 6.21 Å². The fraction of sp³-hybridized carbons (Fsp3) is 0.444. The molecule has 2 aliphatic rings. The first-order chi connectivity index (χ1) is 13.5. The largest absolute Gasteiger partial charge is 0.496 e. The van der Waals surface area contributed by atoms with E-state index in [0.717, 1.165) is 49.1 Å². The topological polar surface area (TPSA) is 113 Å². The number of rotatable bonds is 7. The number of aliphatic carboxylic acids is 1. The molecular formula is C18H22N4O5S. The molecule has 2 fully saturated rings. The first-order valence-electron chi connectivity index (χ1n) is 8.83. The van der Waals surface area contributed by atoms with Crippen molar-refractivity contribution in [1.29, 1.82) is 0 Å². The van der Waals surface area contributed by atoms with Crippen LogP contribution < -0.4 is 19.7 Å². The standard InChI is InChI=1S/C18H22N4O5S/c1-26-13-8-12(22-5-3-4-6-22)14(27-2)7-11(13)10-19-21-18-20-17(25)15(28-18)9-16(23)24/h7-8,10,15H,3-6,9H2,1-2H3,(H,23,24)(H,20,21,25). The molecule has 2 N–H and O–H groups in total. The fourth-order valence-electron chi connectivity index (χ4n) is 3.10. The number of nitrogens with zero attached hydrogens (tertiary/aromatic N) is 3. The number of carboxylic acid groups (broad SMARTS) is 1. The van der Waals surface area contributed by atoms with Crippen LogP contribution in [-0.4, -0.2) is 60.9 Å². The minimum Gasteiger partial charge on any atom is -0.496 e. The van der Waals surface area contributed by atoms with E-state index in [1.54, 1.807) is 14.2 Å². The lowest BCUT2D eigenvalue weighted by Crippen LogP contribution is -2.26. The smallest absolute Gasteiger partial charge is 0.305 e. The number of amidine groups is 1. The Hall–Kier alpha value is -2.75. The van der Waals surface area contributed by atoms with Crippen LogP contribution in [0.2, 0.25) is 0 Å². The van der Waals surface area contributed by atoms with Gasteiger partial charge in [-0.1, -0.05) is 11.8 Å². The Morgan fingerprint density at radius 3 is 2.68 bits per heavy atom. The van der Waals surface area contributed by atoms with Gasteiger partial charge in [0, 0.05) is 24.7 Å². The molecule has 0 saturated carbocycles. The van der Waals surface area contributed by atoms with Crippen molar-refractivity contribution in [2.75, 3.05) is 32.2 Å². The van der Waals surface area contributed by atoms with Gasteiger partial charge in [-0.15, -0.1) is 5.10 Å². The SMILES string of the molecule is COc1cc(N2CCCC2)c(OC)cc1C=NN=C1NC(=O)C(CC(=O)O)S1. The number of carboxylic acids is 1. The average molecular weight is 406 g/mol. The summed E-state index contributed by atoms with van der Waals surface area (Å²) in [6, 6.07) is 3.76. The summed E-state index contributed by atoms with van der Waals surface area (Å²) in [6.07, 6.45) is 3.55. The highest BCUT2D eigenvalue weighted by Gasteiger charge is 2.32. The van der Waals surface area contributed by atoms with Gasteiger partial charge in [-0.05, 0) is 18.9 Å². The van der Waals surface area contributed by atoms with Crippen molar-refractivity contribution in [2.45, 2.75) is 24.5 Å². The molecule has 2 saturated heterocycles. The number of hydrogen-bond acceptors (Lipinski definition) is 8. The minimum absolute atomic E-state index is 0.262. The van der Waals surface area contributed by atoms with Gasteiger partial charge >= 0.3 is 5.97 Å². The number of methoxy groups -OCH3 is 2. The van der Waals surface area contributed by atoms with Crippen LogP contribution in [-0.2, 0) is 9.59 Å². The predicted octanol–water partition coefficient (Wildman–Crippen LogP) is 1.70. The van der Waals surface area contributed by atoms with Gasteiger partial charge in [0.15, 0.2) is 5.17 Å². The van der Waals surface area contributed by atoms with Crippen LogP contribution in [0.4, 0.5) is 5.69 Å². The number of anilines is 1. The van der Waals surface area contributed by atoms with Crippen molar-refractivity contribution in [3.63, 3.8) is 0 Å². The summed E-state index contributed by atoms with van der Waals surface area (Å²) >= 11 is 1.05. The highest BCUT2D eigenvalue weighted by Crippen LogP contribution is 2.36. The van der Waals surface area contributed by atoms with E-state index < -0.39 is 11.2 Å². The van der Waals surface area contributed by atoms with E-state index in [4.69, 9.17) is 14.6 Å². The number of thioether (sulfide) groups is 1. The van der Waals surface area contributed by atoms with Crippen LogP contribution >= 0.6 is 11.8 Å². The first-order valence-corrected chi connectivity index (χ1v) is 9.71. The van der Waals surface area contributed by atoms with E-state index in [-0.39, 0.29) is 17.5 Å². The monoisotopic (exact) mass is 406 g/mol. The molecule has 0 spiro atoms. The van der Waals surface area contributed by atoms with Gasteiger partial charge in [-0.3, -0.25) is 9.59 Å². The number of nitrogens with one attached hydrogen (secondary N) is 1. The van der Waals surface area contributed by atoms with Crippen molar-refractivity contribution in [2.24, 2.45) is 10.2 Å². The Morgan fingerprint density at radius 2 is 2.04 bits per heavy atom. The second-order valence-electron chi connectivity index (χ2n) is 6.30. The molecule has 10 heteroatoms. The molecule has 150 valence electrons. The number of carbonyl (C=O) groups is 2. The lowest BCUT2D eigenvalue weighted by atomic mass is 10.1. The minimum atomic E-state index is -1.03. The molecule has 1 unspecified atom stereocenters. The van der Waals surface area contributed by atoms with Crippen LogP contribution in [0.5, 0.6) is 11.5 Å². The van der Waals surface area contributed by atoms with Crippen LogP contribution in [0, 0.1) is 0 Å². The number of benzene rings is 1. The second kappa shape index (κ2) is 8.96. The lowest BCUT2D eigenvalue weighted by Gasteiger charge is -2.22. The van der Waals surface area contributed by atoms with Crippen molar-refractivity contribution in [3.05, 3.63) is 17.7 Å². The van der Waals surface area contributed by atoms with Crippen LogP contribution in [0.15, 0.2) is 22.3 Å². The summed E-state index contributed by atoms with van der Waals surface area (Å²) < 4.78 is 11.0. The van der Waals surface area contributed by atoms with Crippen molar-refractivity contribution in [3.8, 4) is 11.5 Å². The Kier molecular flexibility index (Phi) is 6.40. The van der Waals surface area contributed by atoms with Crippen molar-refractivity contribution in [1.82, 2.24) is 5.32 Å². The zero-order chi connectivity index (χ0) is 20.1. The van der Waals surface area contributed by atoms with E-state index >= 15 is 0 Å². The zero-order valence-electron chi connectivity index (χ0n) is 15.7. The molecule has 0 radical (unpaired) electrons. The third-order valence-electron chi connectivity index (χ3n) is 4.46. The third-order valence-corrected chi connectivity index (χ3v) is 5.53. The van der Waals surface area contributed by atoms with E-state index in [0.29, 0.717) is 11.3 Å². The Morgan fingerprint density at radius 1 is 1.32 bits per heavy atom. The summed E-state index contributed by atoms with van der Waals surface area (Å²) in [6.45, 7) is 1.96. The van der Waals surface area contributed by atoms with Gasteiger partial charge in [-0.2, -0.15) is 5.10 Å². The summed E-state index contributed by atoms with van der Waals surface area (Å²) in [5.74, 6) is -0.0525. The summed E-state index contributed by atoms with van der Waals surface area (Å²) in [5.41, 5.74) is 1.67.